The predicted octanol–water partition coefficient (Wildman–Crippen LogP) is 2.75. The molecule has 0 radical (unpaired) electrons. The van der Waals surface area contributed by atoms with Crippen molar-refractivity contribution in [3.63, 3.8) is 0 Å². The largest absolute Gasteiger partial charge is 0.550 e. The SMILES string of the molecule is O=C([O-])Cc1cccc(OCCOc2ccc(C(O)(C(F)(F)F)C(F)(F)F)cc2)c1. The van der Waals surface area contributed by atoms with Gasteiger partial charge in [0.2, 0.25) is 0 Å². The summed E-state index contributed by atoms with van der Waals surface area (Å²) >= 11 is 0. The molecule has 2 aromatic rings. The van der Waals surface area contributed by atoms with Crippen molar-refractivity contribution in [2.45, 2.75) is 24.4 Å². The van der Waals surface area contributed by atoms with Crippen molar-refractivity contribution in [1.82, 2.24) is 0 Å². The Bertz CT molecular complexity index is 847. The summed E-state index contributed by atoms with van der Waals surface area (Å²) in [7, 11) is 0. The Balaban J connectivity index is 1.96. The summed E-state index contributed by atoms with van der Waals surface area (Å²) in [6, 6.07) is 8.82. The van der Waals surface area contributed by atoms with Gasteiger partial charge in [0, 0.05) is 18.0 Å². The zero-order valence-electron chi connectivity index (χ0n) is 15.1. The minimum Gasteiger partial charge on any atom is -0.550 e. The molecule has 30 heavy (non-hydrogen) atoms. The predicted molar refractivity (Wildman–Crippen MR) is 88.6 cm³/mol. The monoisotopic (exact) mass is 437 g/mol. The van der Waals surface area contributed by atoms with Gasteiger partial charge in [-0.2, -0.15) is 26.3 Å². The molecule has 0 spiro atoms. The van der Waals surface area contributed by atoms with Crippen molar-refractivity contribution in [1.29, 1.82) is 0 Å². The number of aliphatic carboxylic acids is 1. The Kier molecular flexibility index (Phi) is 6.86. The van der Waals surface area contributed by atoms with Crippen molar-refractivity contribution in [3.8, 4) is 11.5 Å². The van der Waals surface area contributed by atoms with E-state index in [0.29, 0.717) is 23.4 Å². The van der Waals surface area contributed by atoms with Crippen LogP contribution in [-0.4, -0.2) is 36.6 Å². The number of benzene rings is 2. The molecule has 0 saturated carbocycles. The fourth-order valence-corrected chi connectivity index (χ4v) is 2.51. The molecule has 0 unspecified atom stereocenters. The number of carboxylic acid groups (broad SMARTS) is 1. The van der Waals surface area contributed by atoms with Crippen molar-refractivity contribution in [3.05, 3.63) is 59.7 Å². The van der Waals surface area contributed by atoms with Gasteiger partial charge in [0.25, 0.3) is 5.60 Å². The highest BCUT2D eigenvalue weighted by atomic mass is 19.4. The van der Waals surface area contributed by atoms with Gasteiger partial charge in [0.05, 0.1) is 0 Å². The number of carboxylic acids is 1. The third kappa shape index (κ3) is 5.35. The molecule has 5 nitrogen and oxygen atoms in total. The van der Waals surface area contributed by atoms with Crippen LogP contribution in [0.15, 0.2) is 48.5 Å². The van der Waals surface area contributed by atoms with Gasteiger partial charge in [-0.05, 0) is 29.8 Å². The smallest absolute Gasteiger partial charge is 0.430 e. The van der Waals surface area contributed by atoms with Gasteiger partial charge in [0.1, 0.15) is 24.7 Å². The molecule has 0 aliphatic heterocycles. The van der Waals surface area contributed by atoms with Crippen LogP contribution in [-0.2, 0) is 16.8 Å². The van der Waals surface area contributed by atoms with Crippen molar-refractivity contribution >= 4 is 5.97 Å². The fourth-order valence-electron chi connectivity index (χ4n) is 2.51. The zero-order chi connectivity index (χ0) is 22.6. The van der Waals surface area contributed by atoms with E-state index in [0.717, 1.165) is 12.1 Å². The molecule has 0 heterocycles. The second-order valence-electron chi connectivity index (χ2n) is 6.12. The molecule has 2 aromatic carbocycles. The summed E-state index contributed by atoms with van der Waals surface area (Å²) < 4.78 is 87.6. The molecule has 0 aliphatic rings. The van der Waals surface area contributed by atoms with Crippen LogP contribution >= 0.6 is 0 Å². The van der Waals surface area contributed by atoms with E-state index in [-0.39, 0.29) is 25.4 Å². The molecule has 1 N–H and O–H groups in total. The van der Waals surface area contributed by atoms with Crippen molar-refractivity contribution in [2.24, 2.45) is 0 Å². The number of aliphatic hydroxyl groups is 1. The molecular weight excluding hydrogens is 422 g/mol. The van der Waals surface area contributed by atoms with Gasteiger partial charge in [-0.25, -0.2) is 0 Å². The fraction of sp³-hybridized carbons (Fsp3) is 0.316. The van der Waals surface area contributed by atoms with Crippen LogP contribution in [0.25, 0.3) is 0 Å². The Morgan fingerprint density at radius 3 is 1.90 bits per heavy atom. The van der Waals surface area contributed by atoms with Crippen molar-refractivity contribution in [2.75, 3.05) is 13.2 Å². The van der Waals surface area contributed by atoms with Crippen LogP contribution in [0.3, 0.4) is 0 Å². The number of halogens is 6. The molecule has 0 aliphatic carbocycles. The first kappa shape index (κ1) is 23.3. The molecule has 0 fully saturated rings. The lowest BCUT2D eigenvalue weighted by atomic mass is 9.92. The van der Waals surface area contributed by atoms with Crippen LogP contribution in [0, 0.1) is 0 Å². The van der Waals surface area contributed by atoms with Crippen molar-refractivity contribution < 1.29 is 50.8 Å². The standard InChI is InChI=1S/C19H16F6O5/c20-18(21,22)17(28,19(23,24)25)13-4-6-14(7-5-13)29-8-9-30-15-3-1-2-12(10-15)11-16(26)27/h1-7,10,28H,8-9,11H2,(H,26,27)/p-1. The average Bonchev–Trinajstić information content (AvgIpc) is 2.63. The van der Waals surface area contributed by atoms with E-state index in [1.165, 1.54) is 6.07 Å². The maximum absolute atomic E-state index is 12.8. The Hall–Kier alpha value is -2.95. The molecular formula is C19H15F6O5-. The second kappa shape index (κ2) is 8.82. The number of carbonyl (C=O) groups is 1. The Morgan fingerprint density at radius 1 is 0.867 bits per heavy atom. The van der Waals surface area contributed by atoms with Crippen LogP contribution in [0.4, 0.5) is 26.3 Å². The van der Waals surface area contributed by atoms with Gasteiger partial charge < -0.3 is 24.5 Å². The highest BCUT2D eigenvalue weighted by Crippen LogP contribution is 2.50. The van der Waals surface area contributed by atoms with Crippen LogP contribution in [0.5, 0.6) is 11.5 Å². The first-order valence-corrected chi connectivity index (χ1v) is 8.35. The van der Waals surface area contributed by atoms with Gasteiger partial charge in [-0.1, -0.05) is 24.3 Å². The quantitative estimate of drug-likeness (QED) is 0.508. The lowest BCUT2D eigenvalue weighted by Gasteiger charge is -2.32. The molecule has 0 bridgehead atoms. The molecule has 164 valence electrons. The lowest BCUT2D eigenvalue weighted by molar-refractivity contribution is -0.376. The molecule has 0 saturated heterocycles. The first-order chi connectivity index (χ1) is 13.8. The maximum atomic E-state index is 12.8. The lowest BCUT2D eigenvalue weighted by Crippen LogP contribution is -2.53. The van der Waals surface area contributed by atoms with E-state index < -0.39 is 29.5 Å². The third-order valence-corrected chi connectivity index (χ3v) is 3.96. The molecule has 11 heteroatoms. The van der Waals surface area contributed by atoms with Gasteiger partial charge >= 0.3 is 12.4 Å². The zero-order valence-corrected chi connectivity index (χ0v) is 15.1. The average molecular weight is 437 g/mol. The Morgan fingerprint density at radius 2 is 1.40 bits per heavy atom. The number of hydrogen-bond acceptors (Lipinski definition) is 5. The van der Waals surface area contributed by atoms with Crippen LogP contribution in [0.1, 0.15) is 11.1 Å². The van der Waals surface area contributed by atoms with Gasteiger partial charge in [0.15, 0.2) is 0 Å². The molecule has 0 atom stereocenters. The van der Waals surface area contributed by atoms with Gasteiger partial charge in [-0.15, -0.1) is 0 Å². The van der Waals surface area contributed by atoms with E-state index in [2.05, 4.69) is 0 Å². The van der Waals surface area contributed by atoms with E-state index >= 15 is 0 Å². The van der Waals surface area contributed by atoms with Crippen LogP contribution < -0.4 is 14.6 Å². The minimum atomic E-state index is -5.97. The van der Waals surface area contributed by atoms with E-state index in [1.54, 1.807) is 18.2 Å². The summed E-state index contributed by atoms with van der Waals surface area (Å²) in [5.74, 6) is -0.963. The van der Waals surface area contributed by atoms with E-state index in [9.17, 15) is 41.4 Å². The highest BCUT2D eigenvalue weighted by Gasteiger charge is 2.71. The molecule has 2 rings (SSSR count). The maximum Gasteiger partial charge on any atom is 0.430 e. The number of hydrogen-bond donors (Lipinski definition) is 1. The van der Waals surface area contributed by atoms with E-state index in [4.69, 9.17) is 9.47 Å². The van der Waals surface area contributed by atoms with E-state index in [1.807, 2.05) is 0 Å². The minimum absolute atomic E-state index is 0.0361. The normalized spacial score (nSPS) is 12.5. The van der Waals surface area contributed by atoms with Gasteiger partial charge in [-0.3, -0.25) is 0 Å². The first-order valence-electron chi connectivity index (χ1n) is 8.35. The number of alkyl halides is 6. The summed E-state index contributed by atoms with van der Waals surface area (Å²) in [6.07, 6.45) is -12.2. The number of rotatable bonds is 8. The molecule has 0 aromatic heterocycles. The second-order valence-corrected chi connectivity index (χ2v) is 6.12. The number of ether oxygens (including phenoxy) is 2. The molecule has 0 amide bonds. The summed E-state index contributed by atoms with van der Waals surface area (Å²) in [4.78, 5) is 10.6. The highest BCUT2D eigenvalue weighted by molar-refractivity contribution is 5.68. The Labute approximate surface area is 166 Å². The number of carbonyl (C=O) groups excluding carboxylic acids is 1. The third-order valence-electron chi connectivity index (χ3n) is 3.96. The summed E-state index contributed by atoms with van der Waals surface area (Å²) in [5, 5.41) is 19.9. The summed E-state index contributed by atoms with van der Waals surface area (Å²) in [5.41, 5.74) is -5.94. The van der Waals surface area contributed by atoms with Crippen LogP contribution in [0.2, 0.25) is 0 Å². The topological polar surface area (TPSA) is 78.8 Å². The summed E-state index contributed by atoms with van der Waals surface area (Å²) in [6.45, 7) is -0.140.